The molecule has 0 bridgehead atoms. The van der Waals surface area contributed by atoms with Crippen LogP contribution < -0.4 is 10.6 Å². The van der Waals surface area contributed by atoms with Crippen molar-refractivity contribution in [2.75, 3.05) is 13.1 Å². The third-order valence-electron chi connectivity index (χ3n) is 1.95. The van der Waals surface area contributed by atoms with Crippen molar-refractivity contribution >= 4 is 5.91 Å². The van der Waals surface area contributed by atoms with Crippen LogP contribution >= 0.6 is 0 Å². The molecule has 1 amide bonds. The topological polar surface area (TPSA) is 41.1 Å². The van der Waals surface area contributed by atoms with Gasteiger partial charge in [-0.3, -0.25) is 4.79 Å². The lowest BCUT2D eigenvalue weighted by Crippen LogP contribution is -2.40. The van der Waals surface area contributed by atoms with E-state index in [2.05, 4.69) is 16.6 Å². The van der Waals surface area contributed by atoms with Crippen LogP contribution in [0.4, 0.5) is 0 Å². The van der Waals surface area contributed by atoms with E-state index in [-0.39, 0.29) is 11.9 Å². The van der Waals surface area contributed by atoms with E-state index in [9.17, 15) is 4.79 Å². The molecule has 1 aliphatic rings. The van der Waals surface area contributed by atoms with Gasteiger partial charge in [0.25, 0.3) is 0 Å². The van der Waals surface area contributed by atoms with Crippen LogP contribution in [0.1, 0.15) is 19.3 Å². The lowest BCUT2D eigenvalue weighted by molar-refractivity contribution is -0.122. The smallest absolute Gasteiger partial charge is 0.237 e. The fraction of sp³-hybridized carbons (Fsp3) is 0.667. The molecule has 0 saturated carbocycles. The Hall–Kier alpha value is -1.01. The minimum atomic E-state index is 0.0165. The largest absolute Gasteiger partial charge is 0.354 e. The maximum Gasteiger partial charge on any atom is 0.237 e. The van der Waals surface area contributed by atoms with Crippen LogP contribution in [0.15, 0.2) is 0 Å². The van der Waals surface area contributed by atoms with Gasteiger partial charge < -0.3 is 10.6 Å². The molecule has 0 aromatic carbocycles. The van der Waals surface area contributed by atoms with Gasteiger partial charge in [0.1, 0.15) is 0 Å². The minimum absolute atomic E-state index is 0.0165. The second-order valence-electron chi connectivity index (χ2n) is 2.89. The molecule has 1 heterocycles. The van der Waals surface area contributed by atoms with Gasteiger partial charge in [-0.15, -0.1) is 12.3 Å². The summed E-state index contributed by atoms with van der Waals surface area (Å²) in [6, 6.07) is 0.0165. The highest BCUT2D eigenvalue weighted by molar-refractivity contribution is 5.81. The summed E-state index contributed by atoms with van der Waals surface area (Å²) in [5.41, 5.74) is 0. The highest BCUT2D eigenvalue weighted by Gasteiger charge is 2.20. The first-order chi connectivity index (χ1) is 5.84. The number of amides is 1. The molecule has 3 heteroatoms. The summed E-state index contributed by atoms with van der Waals surface area (Å²) < 4.78 is 0. The maximum absolute atomic E-state index is 11.3. The summed E-state index contributed by atoms with van der Waals surface area (Å²) >= 11 is 0. The molecule has 0 aromatic rings. The molecule has 1 atom stereocenters. The zero-order chi connectivity index (χ0) is 8.81. The molecule has 1 aliphatic heterocycles. The van der Waals surface area contributed by atoms with Crippen LogP contribution in [0.2, 0.25) is 0 Å². The highest BCUT2D eigenvalue weighted by Crippen LogP contribution is 2.03. The van der Waals surface area contributed by atoms with Crippen LogP contribution in [0.5, 0.6) is 0 Å². The Kier molecular flexibility index (Phi) is 3.62. The van der Waals surface area contributed by atoms with Crippen LogP contribution in [0.3, 0.4) is 0 Å². The number of terminal acetylenes is 1. The van der Waals surface area contributed by atoms with E-state index in [1.165, 1.54) is 0 Å². The van der Waals surface area contributed by atoms with Crippen LogP contribution in [-0.2, 0) is 4.79 Å². The van der Waals surface area contributed by atoms with Gasteiger partial charge in [-0.25, -0.2) is 0 Å². The van der Waals surface area contributed by atoms with E-state index >= 15 is 0 Å². The fourth-order valence-corrected chi connectivity index (χ4v) is 1.29. The van der Waals surface area contributed by atoms with Crippen molar-refractivity contribution in [3.63, 3.8) is 0 Å². The summed E-state index contributed by atoms with van der Waals surface area (Å²) in [7, 11) is 0. The normalized spacial score (nSPS) is 21.8. The second kappa shape index (κ2) is 4.78. The monoisotopic (exact) mass is 166 g/mol. The zero-order valence-electron chi connectivity index (χ0n) is 7.10. The first-order valence-corrected chi connectivity index (χ1v) is 4.29. The van der Waals surface area contributed by atoms with E-state index < -0.39 is 0 Å². The standard InChI is InChI=1S/C9H14N2O/c1-2-3-6-11-9(12)8-5-4-7-10-8/h1,8,10H,3-7H2,(H,11,12)/t8-/m0/s1. The summed E-state index contributed by atoms with van der Waals surface area (Å²) in [5, 5.41) is 5.90. The van der Waals surface area contributed by atoms with E-state index in [1.54, 1.807) is 0 Å². The Balaban J connectivity index is 2.15. The number of hydrogen-bond donors (Lipinski definition) is 2. The molecule has 1 rings (SSSR count). The maximum atomic E-state index is 11.3. The quantitative estimate of drug-likeness (QED) is 0.453. The summed E-state index contributed by atoms with van der Waals surface area (Å²) in [4.78, 5) is 11.3. The van der Waals surface area contributed by atoms with E-state index in [1.807, 2.05) is 0 Å². The number of carbonyl (C=O) groups is 1. The Labute approximate surface area is 72.9 Å². The molecule has 0 spiro atoms. The van der Waals surface area contributed by atoms with Crippen LogP contribution in [0, 0.1) is 12.3 Å². The molecule has 3 nitrogen and oxygen atoms in total. The Morgan fingerprint density at radius 2 is 2.58 bits per heavy atom. The first kappa shape index (κ1) is 9.08. The van der Waals surface area contributed by atoms with Gasteiger partial charge in [-0.2, -0.15) is 0 Å². The molecule has 1 fully saturated rings. The number of carbonyl (C=O) groups excluding carboxylic acids is 1. The summed E-state index contributed by atoms with van der Waals surface area (Å²) in [6.07, 6.45) is 7.70. The number of nitrogens with one attached hydrogen (secondary N) is 2. The summed E-state index contributed by atoms with van der Waals surface area (Å²) in [5.74, 6) is 2.56. The van der Waals surface area contributed by atoms with E-state index in [4.69, 9.17) is 6.42 Å². The lowest BCUT2D eigenvalue weighted by atomic mass is 10.2. The van der Waals surface area contributed by atoms with Crippen molar-refractivity contribution in [2.24, 2.45) is 0 Å². The van der Waals surface area contributed by atoms with Crippen molar-refractivity contribution in [2.45, 2.75) is 25.3 Å². The molecule has 2 N–H and O–H groups in total. The van der Waals surface area contributed by atoms with E-state index in [0.29, 0.717) is 13.0 Å². The van der Waals surface area contributed by atoms with Gasteiger partial charge >= 0.3 is 0 Å². The van der Waals surface area contributed by atoms with Crippen molar-refractivity contribution in [1.82, 2.24) is 10.6 Å². The molecular formula is C9H14N2O. The zero-order valence-corrected chi connectivity index (χ0v) is 7.10. The third kappa shape index (κ3) is 2.55. The third-order valence-corrected chi connectivity index (χ3v) is 1.95. The molecule has 12 heavy (non-hydrogen) atoms. The van der Waals surface area contributed by atoms with Gasteiger partial charge in [0.15, 0.2) is 0 Å². The van der Waals surface area contributed by atoms with Crippen LogP contribution in [-0.4, -0.2) is 25.0 Å². The predicted molar refractivity (Wildman–Crippen MR) is 47.5 cm³/mol. The number of rotatable bonds is 3. The molecule has 0 aromatic heterocycles. The van der Waals surface area contributed by atoms with Crippen molar-refractivity contribution < 1.29 is 4.79 Å². The number of hydrogen-bond acceptors (Lipinski definition) is 2. The van der Waals surface area contributed by atoms with E-state index in [0.717, 1.165) is 19.4 Å². The van der Waals surface area contributed by atoms with Gasteiger partial charge in [0.05, 0.1) is 6.04 Å². The fourth-order valence-electron chi connectivity index (χ4n) is 1.29. The Morgan fingerprint density at radius 3 is 3.17 bits per heavy atom. The molecule has 66 valence electrons. The summed E-state index contributed by atoms with van der Waals surface area (Å²) in [6.45, 7) is 1.54. The SMILES string of the molecule is C#CCCNC(=O)[C@@H]1CCCN1. The van der Waals surface area contributed by atoms with Gasteiger partial charge in [0.2, 0.25) is 5.91 Å². The Morgan fingerprint density at radius 1 is 1.75 bits per heavy atom. The molecule has 0 aliphatic carbocycles. The lowest BCUT2D eigenvalue weighted by Gasteiger charge is -2.09. The van der Waals surface area contributed by atoms with Gasteiger partial charge in [-0.05, 0) is 19.4 Å². The minimum Gasteiger partial charge on any atom is -0.354 e. The average Bonchev–Trinajstić information content (AvgIpc) is 2.56. The Bertz CT molecular complexity index is 189. The van der Waals surface area contributed by atoms with Crippen molar-refractivity contribution in [3.8, 4) is 12.3 Å². The van der Waals surface area contributed by atoms with Crippen LogP contribution in [0.25, 0.3) is 0 Å². The molecule has 0 radical (unpaired) electrons. The van der Waals surface area contributed by atoms with Gasteiger partial charge in [0, 0.05) is 13.0 Å². The predicted octanol–water partition coefficient (Wildman–Crippen LogP) is -0.122. The average molecular weight is 166 g/mol. The molecular weight excluding hydrogens is 152 g/mol. The van der Waals surface area contributed by atoms with Crippen molar-refractivity contribution in [1.29, 1.82) is 0 Å². The van der Waals surface area contributed by atoms with Crippen molar-refractivity contribution in [3.05, 3.63) is 0 Å². The highest BCUT2D eigenvalue weighted by atomic mass is 16.2. The van der Waals surface area contributed by atoms with Gasteiger partial charge in [-0.1, -0.05) is 0 Å². The molecule has 1 saturated heterocycles. The first-order valence-electron chi connectivity index (χ1n) is 4.29. The second-order valence-corrected chi connectivity index (χ2v) is 2.89. The molecule has 0 unspecified atom stereocenters.